The summed E-state index contributed by atoms with van der Waals surface area (Å²) in [5.74, 6) is 0. The zero-order chi connectivity index (χ0) is 4.50. The SMILES string of the molecule is CP(=O)(O)O.[Y].[Y]. The van der Waals surface area contributed by atoms with Crippen LogP contribution in [0.5, 0.6) is 0 Å². The molecule has 0 atom stereocenters. The first kappa shape index (κ1) is 16.2. The Hall–Kier alpha value is 2.36. The van der Waals surface area contributed by atoms with Crippen molar-refractivity contribution < 1.29 is 79.8 Å². The van der Waals surface area contributed by atoms with E-state index in [1.807, 2.05) is 0 Å². The van der Waals surface area contributed by atoms with E-state index in [0.717, 1.165) is 6.66 Å². The van der Waals surface area contributed by atoms with E-state index in [9.17, 15) is 4.57 Å². The smallest absolute Gasteiger partial charge is 0.322 e. The van der Waals surface area contributed by atoms with Crippen molar-refractivity contribution in [1.29, 1.82) is 0 Å². The third-order valence-corrected chi connectivity index (χ3v) is 0. The topological polar surface area (TPSA) is 57.5 Å². The number of hydrogen-bond donors (Lipinski definition) is 2. The summed E-state index contributed by atoms with van der Waals surface area (Å²) in [5, 5.41) is 0. The molecule has 0 aromatic rings. The first-order valence-electron chi connectivity index (χ1n) is 1.03. The summed E-state index contributed by atoms with van der Waals surface area (Å²) in [4.78, 5) is 15.3. The molecule has 0 fully saturated rings. The van der Waals surface area contributed by atoms with E-state index in [2.05, 4.69) is 0 Å². The Morgan fingerprint density at radius 2 is 1.29 bits per heavy atom. The molecule has 0 bridgehead atoms. The zero-order valence-electron chi connectivity index (χ0n) is 3.90. The fourth-order valence-corrected chi connectivity index (χ4v) is 0. The second kappa shape index (κ2) is 6.48. The summed E-state index contributed by atoms with van der Waals surface area (Å²) in [6.45, 7) is 0.854. The van der Waals surface area contributed by atoms with Gasteiger partial charge in [-0.15, -0.1) is 0 Å². The van der Waals surface area contributed by atoms with Crippen molar-refractivity contribution in [2.24, 2.45) is 0 Å². The molecule has 2 N–H and O–H groups in total. The van der Waals surface area contributed by atoms with Gasteiger partial charge in [0.25, 0.3) is 0 Å². The molecule has 0 aliphatic heterocycles. The molecular weight excluding hydrogens is 269 g/mol. The summed E-state index contributed by atoms with van der Waals surface area (Å²) in [5.41, 5.74) is 0. The molecule has 0 saturated heterocycles. The first-order chi connectivity index (χ1) is 2.00. The fraction of sp³-hybridized carbons (Fsp3) is 1.00. The molecule has 0 aliphatic rings. The van der Waals surface area contributed by atoms with Gasteiger partial charge in [-0.2, -0.15) is 0 Å². The van der Waals surface area contributed by atoms with Gasteiger partial charge in [-0.25, -0.2) is 0 Å². The molecule has 3 nitrogen and oxygen atoms in total. The summed E-state index contributed by atoms with van der Waals surface area (Å²) in [6, 6.07) is 0. The van der Waals surface area contributed by atoms with Gasteiger partial charge in [-0.3, -0.25) is 4.57 Å². The minimum Gasteiger partial charge on any atom is -0.325 e. The van der Waals surface area contributed by atoms with Crippen molar-refractivity contribution in [1.82, 2.24) is 0 Å². The molecule has 0 aliphatic carbocycles. The van der Waals surface area contributed by atoms with Crippen LogP contribution in [0.3, 0.4) is 0 Å². The normalized spacial score (nSPS) is 8.43. The van der Waals surface area contributed by atoms with Crippen LogP contribution in [-0.2, 0) is 70.0 Å². The van der Waals surface area contributed by atoms with Gasteiger partial charge in [0.05, 0.1) is 0 Å². The summed E-state index contributed by atoms with van der Waals surface area (Å²) in [7, 11) is -3.64. The quantitative estimate of drug-likeness (QED) is 0.601. The van der Waals surface area contributed by atoms with Crippen LogP contribution in [0.25, 0.3) is 0 Å². The van der Waals surface area contributed by atoms with Crippen molar-refractivity contribution in [3.05, 3.63) is 0 Å². The number of rotatable bonds is 0. The van der Waals surface area contributed by atoms with Crippen LogP contribution >= 0.6 is 7.60 Å². The maximum absolute atomic E-state index is 9.33. The van der Waals surface area contributed by atoms with Gasteiger partial charge < -0.3 is 9.79 Å². The Balaban J connectivity index is -0.0000000800. The van der Waals surface area contributed by atoms with Crippen LogP contribution in [0.15, 0.2) is 0 Å². The summed E-state index contributed by atoms with van der Waals surface area (Å²) in [6.07, 6.45) is 0. The average molecular weight is 274 g/mol. The Morgan fingerprint density at radius 1 is 1.29 bits per heavy atom. The van der Waals surface area contributed by atoms with Crippen LogP contribution in [0.2, 0.25) is 0 Å². The average Bonchev–Trinajstić information content (AvgIpc) is 0.722. The Labute approximate surface area is 92.6 Å². The van der Waals surface area contributed by atoms with Crippen LogP contribution in [0, 0.1) is 0 Å². The molecule has 0 heterocycles. The molecule has 0 spiro atoms. The predicted octanol–water partition coefficient (Wildman–Crippen LogP) is -0.211. The third kappa shape index (κ3) is 60.8. The maximum Gasteiger partial charge on any atom is 0.322 e. The van der Waals surface area contributed by atoms with Crippen molar-refractivity contribution in [3.63, 3.8) is 0 Å². The van der Waals surface area contributed by atoms with Gasteiger partial charge >= 0.3 is 7.60 Å². The van der Waals surface area contributed by atoms with Crippen molar-refractivity contribution >= 4 is 7.60 Å². The van der Waals surface area contributed by atoms with Gasteiger partial charge in [0.15, 0.2) is 0 Å². The van der Waals surface area contributed by atoms with Crippen LogP contribution in [0.4, 0.5) is 0 Å². The van der Waals surface area contributed by atoms with E-state index >= 15 is 0 Å². The molecule has 0 amide bonds. The molecule has 2 radical (unpaired) electrons. The second-order valence-corrected chi connectivity index (χ2v) is 2.51. The second-order valence-electron chi connectivity index (χ2n) is 0.835. The minimum absolute atomic E-state index is 0. The van der Waals surface area contributed by atoms with E-state index in [4.69, 9.17) is 9.79 Å². The molecule has 38 valence electrons. The Bertz CT molecular complexity index is 59.1. The van der Waals surface area contributed by atoms with Gasteiger partial charge in [0.2, 0.25) is 0 Å². The molecule has 7 heavy (non-hydrogen) atoms. The van der Waals surface area contributed by atoms with Gasteiger partial charge in [-0.1, -0.05) is 0 Å². The van der Waals surface area contributed by atoms with E-state index in [0.29, 0.717) is 0 Å². The third-order valence-electron chi connectivity index (χ3n) is 0. The summed E-state index contributed by atoms with van der Waals surface area (Å²) < 4.78 is 9.33. The summed E-state index contributed by atoms with van der Waals surface area (Å²) >= 11 is 0. The molecule has 0 aromatic carbocycles. The van der Waals surface area contributed by atoms with E-state index < -0.39 is 7.60 Å². The number of hydrogen-bond acceptors (Lipinski definition) is 1. The van der Waals surface area contributed by atoms with Gasteiger partial charge in [0.1, 0.15) is 0 Å². The monoisotopic (exact) mass is 274 g/mol. The van der Waals surface area contributed by atoms with Crippen molar-refractivity contribution in [3.8, 4) is 0 Å². The zero-order valence-corrected chi connectivity index (χ0v) is 10.5. The van der Waals surface area contributed by atoms with Crippen LogP contribution in [-0.4, -0.2) is 16.5 Å². The van der Waals surface area contributed by atoms with Gasteiger partial charge in [0, 0.05) is 72.1 Å². The molecule has 0 saturated carbocycles. The standard InChI is InChI=1S/CH5O3P.2Y/c1-5(2,3)4;;/h1H3,(H2,2,3,4);;. The van der Waals surface area contributed by atoms with E-state index in [1.54, 1.807) is 0 Å². The maximum atomic E-state index is 9.33. The van der Waals surface area contributed by atoms with E-state index in [1.165, 1.54) is 0 Å². The van der Waals surface area contributed by atoms with Crippen LogP contribution < -0.4 is 0 Å². The van der Waals surface area contributed by atoms with Crippen LogP contribution in [0.1, 0.15) is 0 Å². The molecule has 6 heteroatoms. The minimum atomic E-state index is -3.64. The Morgan fingerprint density at radius 3 is 1.29 bits per heavy atom. The molecule has 0 unspecified atom stereocenters. The largest absolute Gasteiger partial charge is 0.325 e. The van der Waals surface area contributed by atoms with Gasteiger partial charge in [-0.05, 0) is 0 Å². The fourth-order valence-electron chi connectivity index (χ4n) is 0. The predicted molar refractivity (Wildman–Crippen MR) is 18.0 cm³/mol. The van der Waals surface area contributed by atoms with Crippen molar-refractivity contribution in [2.75, 3.05) is 6.66 Å². The first-order valence-corrected chi connectivity index (χ1v) is 3.09. The molecular formula is CH5O3PY2. The molecule has 0 aromatic heterocycles. The Kier molecular flexibility index (Phi) is 15.0. The molecule has 0 rings (SSSR count). The van der Waals surface area contributed by atoms with E-state index in [-0.39, 0.29) is 65.4 Å². The van der Waals surface area contributed by atoms with Crippen molar-refractivity contribution in [2.45, 2.75) is 0 Å².